The maximum Gasteiger partial charge on any atom is 0.407 e. The Morgan fingerprint density at radius 1 is 1.61 bits per heavy atom. The highest BCUT2D eigenvalue weighted by Gasteiger charge is 2.29. The molecule has 1 heterocycles. The van der Waals surface area contributed by atoms with Gasteiger partial charge in [0.1, 0.15) is 5.76 Å². The molecule has 1 aromatic heterocycles. The van der Waals surface area contributed by atoms with Gasteiger partial charge in [-0.25, -0.2) is 4.79 Å². The highest BCUT2D eigenvalue weighted by Crippen LogP contribution is 2.28. The standard InChI is InChI=1S/C12H19NO5/c1-9(8-17-7-5-14)11(13(2)12(15)16)10-4-3-6-18-10/h3-4,6,9,11,14H,5,7-8H2,1-2H3,(H,15,16)/t9-,11+/m1/s1. The SMILES string of the molecule is C[C@H](COCCO)[C@@H](c1ccco1)N(C)C(=O)O. The second kappa shape index (κ2) is 7.03. The number of nitrogens with zero attached hydrogens (tertiary/aromatic N) is 1. The van der Waals surface area contributed by atoms with E-state index >= 15 is 0 Å². The Balaban J connectivity index is 2.74. The molecule has 0 unspecified atom stereocenters. The van der Waals surface area contributed by atoms with Crippen molar-refractivity contribution in [2.75, 3.05) is 26.9 Å². The summed E-state index contributed by atoms with van der Waals surface area (Å²) < 4.78 is 10.5. The molecule has 0 aromatic carbocycles. The smallest absolute Gasteiger partial charge is 0.407 e. The lowest BCUT2D eigenvalue weighted by atomic mass is 9.99. The number of carboxylic acid groups (broad SMARTS) is 1. The summed E-state index contributed by atoms with van der Waals surface area (Å²) in [5.41, 5.74) is 0. The van der Waals surface area contributed by atoms with Crippen LogP contribution in [0.1, 0.15) is 18.7 Å². The minimum absolute atomic E-state index is 0.0487. The molecule has 1 rings (SSSR count). The highest BCUT2D eigenvalue weighted by molar-refractivity contribution is 5.65. The lowest BCUT2D eigenvalue weighted by Gasteiger charge is -2.29. The molecule has 0 radical (unpaired) electrons. The number of rotatable bonds is 7. The van der Waals surface area contributed by atoms with Gasteiger partial charge in [-0.2, -0.15) is 0 Å². The first-order chi connectivity index (χ1) is 8.57. The largest absolute Gasteiger partial charge is 0.467 e. The molecule has 6 nitrogen and oxygen atoms in total. The van der Waals surface area contributed by atoms with Gasteiger partial charge in [-0.3, -0.25) is 0 Å². The van der Waals surface area contributed by atoms with Gasteiger partial charge in [0.15, 0.2) is 0 Å². The molecular weight excluding hydrogens is 238 g/mol. The zero-order valence-corrected chi connectivity index (χ0v) is 10.6. The summed E-state index contributed by atoms with van der Waals surface area (Å²) in [7, 11) is 1.50. The van der Waals surface area contributed by atoms with Gasteiger partial charge in [-0.15, -0.1) is 0 Å². The molecule has 0 saturated carbocycles. The van der Waals surface area contributed by atoms with E-state index in [1.165, 1.54) is 18.2 Å². The molecule has 0 saturated heterocycles. The van der Waals surface area contributed by atoms with E-state index in [2.05, 4.69) is 0 Å². The zero-order chi connectivity index (χ0) is 13.5. The summed E-state index contributed by atoms with van der Waals surface area (Å²) in [6.45, 7) is 2.42. The summed E-state index contributed by atoms with van der Waals surface area (Å²) in [4.78, 5) is 12.3. The molecule has 2 atom stereocenters. The fraction of sp³-hybridized carbons (Fsp3) is 0.583. The van der Waals surface area contributed by atoms with Crippen molar-refractivity contribution in [3.05, 3.63) is 24.2 Å². The Kier molecular flexibility index (Phi) is 5.67. The molecule has 18 heavy (non-hydrogen) atoms. The van der Waals surface area contributed by atoms with E-state index in [4.69, 9.17) is 19.4 Å². The van der Waals surface area contributed by atoms with Gasteiger partial charge in [0, 0.05) is 13.0 Å². The first kappa shape index (κ1) is 14.5. The predicted molar refractivity (Wildman–Crippen MR) is 64.3 cm³/mol. The van der Waals surface area contributed by atoms with Crippen molar-refractivity contribution in [2.24, 2.45) is 5.92 Å². The van der Waals surface area contributed by atoms with Crippen molar-refractivity contribution in [1.82, 2.24) is 4.90 Å². The fourth-order valence-electron chi connectivity index (χ4n) is 1.86. The van der Waals surface area contributed by atoms with Crippen molar-refractivity contribution in [1.29, 1.82) is 0 Å². The fourth-order valence-corrected chi connectivity index (χ4v) is 1.86. The Labute approximate surface area is 106 Å². The summed E-state index contributed by atoms with van der Waals surface area (Å²) in [5, 5.41) is 17.7. The van der Waals surface area contributed by atoms with E-state index in [0.29, 0.717) is 12.4 Å². The van der Waals surface area contributed by atoms with Gasteiger partial charge < -0.3 is 24.3 Å². The molecule has 0 aliphatic rings. The Morgan fingerprint density at radius 2 is 2.33 bits per heavy atom. The van der Waals surface area contributed by atoms with Crippen molar-refractivity contribution in [3.8, 4) is 0 Å². The number of amides is 1. The van der Waals surface area contributed by atoms with Crippen molar-refractivity contribution < 1.29 is 24.2 Å². The van der Waals surface area contributed by atoms with E-state index in [1.807, 2.05) is 6.92 Å². The number of carbonyl (C=O) groups is 1. The third-order valence-corrected chi connectivity index (χ3v) is 2.71. The number of aliphatic hydroxyl groups is 1. The summed E-state index contributed by atoms with van der Waals surface area (Å²) in [5.74, 6) is 0.504. The number of hydrogen-bond donors (Lipinski definition) is 2. The van der Waals surface area contributed by atoms with Gasteiger partial charge >= 0.3 is 6.09 Å². The molecule has 0 aliphatic carbocycles. The monoisotopic (exact) mass is 257 g/mol. The topological polar surface area (TPSA) is 83.1 Å². The van der Waals surface area contributed by atoms with Crippen LogP contribution in [0.5, 0.6) is 0 Å². The maximum atomic E-state index is 11.1. The number of aliphatic hydroxyl groups excluding tert-OH is 1. The molecular formula is C12H19NO5. The van der Waals surface area contributed by atoms with Crippen molar-refractivity contribution in [3.63, 3.8) is 0 Å². The third kappa shape index (κ3) is 3.75. The second-order valence-electron chi connectivity index (χ2n) is 4.13. The quantitative estimate of drug-likeness (QED) is 0.724. The Morgan fingerprint density at radius 3 is 2.83 bits per heavy atom. The third-order valence-electron chi connectivity index (χ3n) is 2.71. The van der Waals surface area contributed by atoms with Crippen LogP contribution in [-0.4, -0.2) is 48.1 Å². The summed E-state index contributed by atoms with van der Waals surface area (Å²) in [6, 6.07) is 3.06. The van der Waals surface area contributed by atoms with Gasteiger partial charge in [-0.05, 0) is 12.1 Å². The minimum atomic E-state index is -1.02. The molecule has 2 N–H and O–H groups in total. The van der Waals surface area contributed by atoms with Crippen LogP contribution < -0.4 is 0 Å². The van der Waals surface area contributed by atoms with E-state index in [0.717, 1.165) is 0 Å². The first-order valence-corrected chi connectivity index (χ1v) is 5.75. The van der Waals surface area contributed by atoms with Crippen LogP contribution in [0, 0.1) is 5.92 Å². The molecule has 0 aliphatic heterocycles. The molecule has 102 valence electrons. The number of ether oxygens (including phenoxy) is 1. The lowest BCUT2D eigenvalue weighted by molar-refractivity contribution is 0.0389. The van der Waals surface area contributed by atoms with Gasteiger partial charge in [0.05, 0.1) is 32.1 Å². The van der Waals surface area contributed by atoms with E-state index < -0.39 is 12.1 Å². The van der Waals surface area contributed by atoms with Crippen LogP contribution in [0.15, 0.2) is 22.8 Å². The van der Waals surface area contributed by atoms with Crippen LogP contribution in [0.4, 0.5) is 4.79 Å². The zero-order valence-electron chi connectivity index (χ0n) is 10.6. The average molecular weight is 257 g/mol. The molecule has 1 aromatic rings. The van der Waals surface area contributed by atoms with Crippen LogP contribution >= 0.6 is 0 Å². The minimum Gasteiger partial charge on any atom is -0.467 e. The first-order valence-electron chi connectivity index (χ1n) is 5.75. The number of hydrogen-bond acceptors (Lipinski definition) is 4. The molecule has 1 amide bonds. The van der Waals surface area contributed by atoms with Crippen LogP contribution in [0.2, 0.25) is 0 Å². The Hall–Kier alpha value is -1.53. The molecule has 0 bridgehead atoms. The van der Waals surface area contributed by atoms with Crippen molar-refractivity contribution >= 4 is 6.09 Å². The highest BCUT2D eigenvalue weighted by atomic mass is 16.5. The van der Waals surface area contributed by atoms with Gasteiger partial charge in [0.2, 0.25) is 0 Å². The van der Waals surface area contributed by atoms with Gasteiger partial charge in [-0.1, -0.05) is 6.92 Å². The predicted octanol–water partition coefficient (Wildman–Crippen LogP) is 1.58. The molecule has 0 spiro atoms. The van der Waals surface area contributed by atoms with Crippen LogP contribution in [-0.2, 0) is 4.74 Å². The Bertz CT molecular complexity index is 351. The second-order valence-corrected chi connectivity index (χ2v) is 4.13. The van der Waals surface area contributed by atoms with Crippen LogP contribution in [0.25, 0.3) is 0 Å². The average Bonchev–Trinajstić information content (AvgIpc) is 2.83. The lowest BCUT2D eigenvalue weighted by Crippen LogP contribution is -2.35. The number of furan rings is 1. The van der Waals surface area contributed by atoms with Gasteiger partial charge in [0.25, 0.3) is 0 Å². The van der Waals surface area contributed by atoms with E-state index in [-0.39, 0.29) is 19.1 Å². The van der Waals surface area contributed by atoms with E-state index in [1.54, 1.807) is 12.1 Å². The molecule has 6 heteroatoms. The molecule has 0 fully saturated rings. The summed E-state index contributed by atoms with van der Waals surface area (Å²) in [6.07, 6.45) is 0.490. The normalized spacial score (nSPS) is 14.2. The van der Waals surface area contributed by atoms with E-state index in [9.17, 15) is 4.79 Å². The van der Waals surface area contributed by atoms with Crippen molar-refractivity contribution in [2.45, 2.75) is 13.0 Å². The summed E-state index contributed by atoms with van der Waals surface area (Å²) >= 11 is 0. The maximum absolute atomic E-state index is 11.1. The van der Waals surface area contributed by atoms with Crippen LogP contribution in [0.3, 0.4) is 0 Å².